The Morgan fingerprint density at radius 1 is 1.07 bits per heavy atom. The molecule has 1 heterocycles. The lowest BCUT2D eigenvalue weighted by atomic mass is 9.95. The highest BCUT2D eigenvalue weighted by molar-refractivity contribution is 5.87. The molecule has 0 aliphatic carbocycles. The van der Waals surface area contributed by atoms with E-state index in [-0.39, 0.29) is 24.6 Å². The molecule has 0 radical (unpaired) electrons. The van der Waals surface area contributed by atoms with Crippen LogP contribution in [0.15, 0.2) is 48.8 Å². The van der Waals surface area contributed by atoms with E-state index in [1.165, 1.54) is 12.1 Å². The van der Waals surface area contributed by atoms with Crippen molar-refractivity contribution in [3.63, 3.8) is 0 Å². The van der Waals surface area contributed by atoms with Crippen LogP contribution < -0.4 is 10.6 Å². The van der Waals surface area contributed by atoms with Crippen molar-refractivity contribution < 1.29 is 19.4 Å². The van der Waals surface area contributed by atoms with Gasteiger partial charge in [-0.25, -0.2) is 4.79 Å². The van der Waals surface area contributed by atoms with Crippen LogP contribution in [0.3, 0.4) is 0 Å². The highest BCUT2D eigenvalue weighted by Crippen LogP contribution is 2.21. The Labute approximate surface area is 171 Å². The van der Waals surface area contributed by atoms with Crippen molar-refractivity contribution in [2.24, 2.45) is 5.92 Å². The van der Waals surface area contributed by atoms with Gasteiger partial charge in [-0.15, -0.1) is 0 Å². The number of hydrogen-bond donors (Lipinski definition) is 3. The van der Waals surface area contributed by atoms with Gasteiger partial charge >= 0.3 is 6.09 Å². The number of rotatable bonds is 9. The van der Waals surface area contributed by atoms with Crippen LogP contribution >= 0.6 is 0 Å². The minimum Gasteiger partial charge on any atom is -0.508 e. The fourth-order valence-corrected chi connectivity index (χ4v) is 2.74. The van der Waals surface area contributed by atoms with Gasteiger partial charge in [-0.3, -0.25) is 9.78 Å². The average Bonchev–Trinajstić information content (AvgIpc) is 2.68. The Morgan fingerprint density at radius 2 is 1.72 bits per heavy atom. The smallest absolute Gasteiger partial charge is 0.408 e. The molecule has 1 atom stereocenters. The Bertz CT molecular complexity index is 793. The van der Waals surface area contributed by atoms with E-state index < -0.39 is 11.7 Å². The van der Waals surface area contributed by atoms with Crippen molar-refractivity contribution in [3.05, 3.63) is 59.9 Å². The van der Waals surface area contributed by atoms with Gasteiger partial charge in [0.1, 0.15) is 5.75 Å². The van der Waals surface area contributed by atoms with Crippen molar-refractivity contribution in [1.29, 1.82) is 0 Å². The average molecular weight is 399 g/mol. The first-order valence-corrected chi connectivity index (χ1v) is 9.70. The third-order valence-electron chi connectivity index (χ3n) is 4.47. The van der Waals surface area contributed by atoms with E-state index in [0.29, 0.717) is 12.5 Å². The number of aromatic nitrogens is 1. The molecule has 156 valence electrons. The van der Waals surface area contributed by atoms with Gasteiger partial charge in [-0.1, -0.05) is 26.0 Å². The first kappa shape index (κ1) is 22.2. The van der Waals surface area contributed by atoms with Crippen molar-refractivity contribution >= 4 is 12.0 Å². The molecule has 0 saturated carbocycles. The minimum atomic E-state index is -1.39. The highest BCUT2D eigenvalue weighted by atomic mass is 16.6. The molecule has 3 N–H and O–H groups in total. The van der Waals surface area contributed by atoms with E-state index in [4.69, 9.17) is 4.74 Å². The predicted octanol–water partition coefficient (Wildman–Crippen LogP) is 3.18. The molecule has 7 nitrogen and oxygen atoms in total. The van der Waals surface area contributed by atoms with E-state index >= 15 is 0 Å². The maximum absolute atomic E-state index is 12.9. The van der Waals surface area contributed by atoms with Crippen LogP contribution in [0, 0.1) is 5.92 Å². The van der Waals surface area contributed by atoms with Crippen LogP contribution in [0.1, 0.15) is 38.3 Å². The number of carbonyl (C=O) groups is 2. The lowest BCUT2D eigenvalue weighted by Gasteiger charge is -2.29. The Hall–Kier alpha value is -3.09. The lowest BCUT2D eigenvalue weighted by molar-refractivity contribution is -0.138. The van der Waals surface area contributed by atoms with E-state index in [9.17, 15) is 14.7 Å². The minimum absolute atomic E-state index is 0.132. The Kier molecular flexibility index (Phi) is 8.00. The van der Waals surface area contributed by atoms with E-state index in [1.54, 1.807) is 43.6 Å². The number of hydrogen-bond acceptors (Lipinski definition) is 5. The van der Waals surface area contributed by atoms with E-state index in [0.717, 1.165) is 17.5 Å². The maximum Gasteiger partial charge on any atom is 0.408 e. The van der Waals surface area contributed by atoms with Gasteiger partial charge in [0.15, 0.2) is 5.60 Å². The number of amides is 2. The molecule has 0 unspecified atom stereocenters. The van der Waals surface area contributed by atoms with Crippen LogP contribution in [-0.2, 0) is 22.5 Å². The van der Waals surface area contributed by atoms with Crippen molar-refractivity contribution in [2.45, 2.75) is 45.8 Å². The molecule has 0 bridgehead atoms. The summed E-state index contributed by atoms with van der Waals surface area (Å²) in [5, 5.41) is 15.0. The molecule has 0 fully saturated rings. The standard InChI is InChI=1S/C22H29N3O4/c1-16(2)8-13-24-20(27)22(3,14-17-4-6-19(26)7-5-17)29-21(28)25-15-18-9-11-23-12-10-18/h4-7,9-12,16,26H,8,13-15H2,1-3H3,(H,24,27)(H,25,28)/t22-/m0/s1. The number of phenols is 1. The summed E-state index contributed by atoms with van der Waals surface area (Å²) >= 11 is 0. The summed E-state index contributed by atoms with van der Waals surface area (Å²) in [5.74, 6) is 0.223. The van der Waals surface area contributed by atoms with Crippen molar-refractivity contribution in [3.8, 4) is 5.75 Å². The van der Waals surface area contributed by atoms with Crippen LogP contribution in [0.5, 0.6) is 5.75 Å². The molecule has 1 aromatic carbocycles. The van der Waals surface area contributed by atoms with Gasteiger partial charge in [-0.05, 0) is 54.7 Å². The summed E-state index contributed by atoms with van der Waals surface area (Å²) in [6, 6.07) is 10.1. The monoisotopic (exact) mass is 399 g/mol. The fourth-order valence-electron chi connectivity index (χ4n) is 2.74. The number of carbonyl (C=O) groups excluding carboxylic acids is 2. The third kappa shape index (κ3) is 7.44. The normalized spacial score (nSPS) is 12.8. The molecule has 0 spiro atoms. The van der Waals surface area contributed by atoms with E-state index in [2.05, 4.69) is 29.5 Å². The van der Waals surface area contributed by atoms with Gasteiger partial charge in [0, 0.05) is 31.9 Å². The van der Waals surface area contributed by atoms with Gasteiger partial charge in [0.2, 0.25) is 0 Å². The summed E-state index contributed by atoms with van der Waals surface area (Å²) in [6.07, 6.45) is 3.61. The number of benzene rings is 1. The Balaban J connectivity index is 2.06. The number of pyridine rings is 1. The molecule has 7 heteroatoms. The van der Waals surface area contributed by atoms with Crippen molar-refractivity contribution in [2.75, 3.05) is 6.54 Å². The summed E-state index contributed by atoms with van der Waals surface area (Å²) in [7, 11) is 0. The molecule has 2 rings (SSSR count). The zero-order valence-corrected chi connectivity index (χ0v) is 17.1. The molecule has 0 aliphatic rings. The predicted molar refractivity (Wildman–Crippen MR) is 110 cm³/mol. The molecule has 2 amide bonds. The number of nitrogens with one attached hydrogen (secondary N) is 2. The first-order valence-electron chi connectivity index (χ1n) is 9.70. The zero-order chi connectivity index (χ0) is 21.3. The SMILES string of the molecule is CC(C)CCNC(=O)[C@](C)(Cc1ccc(O)cc1)OC(=O)NCc1ccncc1. The molecule has 0 aliphatic heterocycles. The largest absolute Gasteiger partial charge is 0.508 e. The Morgan fingerprint density at radius 3 is 2.34 bits per heavy atom. The number of nitrogens with zero attached hydrogens (tertiary/aromatic N) is 1. The molecular formula is C22H29N3O4. The number of ether oxygens (including phenoxy) is 1. The molecule has 29 heavy (non-hydrogen) atoms. The maximum atomic E-state index is 12.9. The summed E-state index contributed by atoms with van der Waals surface area (Å²) in [4.78, 5) is 29.2. The quantitative estimate of drug-likeness (QED) is 0.601. The second-order valence-electron chi connectivity index (χ2n) is 7.61. The number of aromatic hydroxyl groups is 1. The fraction of sp³-hybridized carbons (Fsp3) is 0.409. The van der Waals surface area contributed by atoms with Crippen LogP contribution in [0.4, 0.5) is 4.79 Å². The second-order valence-corrected chi connectivity index (χ2v) is 7.61. The van der Waals surface area contributed by atoms with Crippen LogP contribution in [0.25, 0.3) is 0 Å². The van der Waals surface area contributed by atoms with Crippen LogP contribution in [-0.4, -0.2) is 34.2 Å². The lowest BCUT2D eigenvalue weighted by Crippen LogP contribution is -2.51. The third-order valence-corrected chi connectivity index (χ3v) is 4.47. The molecule has 2 aromatic rings. The molecular weight excluding hydrogens is 370 g/mol. The van der Waals surface area contributed by atoms with Crippen LogP contribution in [0.2, 0.25) is 0 Å². The van der Waals surface area contributed by atoms with Gasteiger partial charge < -0.3 is 20.5 Å². The molecule has 1 aromatic heterocycles. The molecule has 0 saturated heterocycles. The van der Waals surface area contributed by atoms with Gasteiger partial charge in [0.25, 0.3) is 5.91 Å². The topological polar surface area (TPSA) is 101 Å². The van der Waals surface area contributed by atoms with Gasteiger partial charge in [-0.2, -0.15) is 0 Å². The van der Waals surface area contributed by atoms with Gasteiger partial charge in [0.05, 0.1) is 0 Å². The highest BCUT2D eigenvalue weighted by Gasteiger charge is 2.37. The zero-order valence-electron chi connectivity index (χ0n) is 17.1. The van der Waals surface area contributed by atoms with E-state index in [1.807, 2.05) is 0 Å². The second kappa shape index (κ2) is 10.5. The summed E-state index contributed by atoms with van der Waals surface area (Å²) in [5.41, 5.74) is 0.251. The van der Waals surface area contributed by atoms with Crippen molar-refractivity contribution in [1.82, 2.24) is 15.6 Å². The first-order chi connectivity index (χ1) is 13.8. The number of phenolic OH excluding ortho intramolecular Hbond substituents is 1. The summed E-state index contributed by atoms with van der Waals surface area (Å²) in [6.45, 7) is 6.52. The number of alkyl carbamates (subject to hydrolysis) is 1. The summed E-state index contributed by atoms with van der Waals surface area (Å²) < 4.78 is 5.57.